The van der Waals surface area contributed by atoms with Gasteiger partial charge in [0.1, 0.15) is 0 Å². The fourth-order valence-electron chi connectivity index (χ4n) is 1.87. The van der Waals surface area contributed by atoms with E-state index in [1.807, 2.05) is 19.1 Å². The molecule has 1 aromatic heterocycles. The molecule has 5 nitrogen and oxygen atoms in total. The Balaban J connectivity index is 2.59. The van der Waals surface area contributed by atoms with Crippen LogP contribution in [0.1, 0.15) is 20.3 Å². The molecular formula is C14H17N3O2S. The second-order valence-corrected chi connectivity index (χ2v) is 5.84. The van der Waals surface area contributed by atoms with Gasteiger partial charge >= 0.3 is 0 Å². The number of carbonyl (C=O) groups is 1. The molecule has 20 heavy (non-hydrogen) atoms. The highest BCUT2D eigenvalue weighted by Crippen LogP contribution is 2.22. The molecule has 0 bridgehead atoms. The van der Waals surface area contributed by atoms with Crippen molar-refractivity contribution in [2.24, 2.45) is 5.73 Å². The standard InChI is InChI=1S/C14H17N3O2S/c1-3-8-17-13(19)10-6-4-5-7-11(10)16-14(17)20-9(2)12(15)18/h4-7,9H,3,8H2,1-2H3,(H2,15,18)/t9-/m1/s1. The number of nitrogens with zero attached hydrogens (tertiary/aromatic N) is 2. The zero-order valence-corrected chi connectivity index (χ0v) is 12.3. The number of aromatic nitrogens is 2. The number of nitrogens with two attached hydrogens (primary N) is 1. The van der Waals surface area contributed by atoms with Crippen molar-refractivity contribution in [2.45, 2.75) is 37.2 Å². The summed E-state index contributed by atoms with van der Waals surface area (Å²) in [6, 6.07) is 7.22. The van der Waals surface area contributed by atoms with Crippen LogP contribution >= 0.6 is 11.8 Å². The summed E-state index contributed by atoms with van der Waals surface area (Å²) >= 11 is 1.22. The maximum Gasteiger partial charge on any atom is 0.262 e. The first-order chi connectivity index (χ1) is 9.54. The summed E-state index contributed by atoms with van der Waals surface area (Å²) in [5, 5.41) is 0.713. The Morgan fingerprint density at radius 1 is 1.45 bits per heavy atom. The van der Waals surface area contributed by atoms with Crippen LogP contribution in [-0.2, 0) is 11.3 Å². The Bertz CT molecular complexity index is 696. The number of amides is 1. The van der Waals surface area contributed by atoms with E-state index >= 15 is 0 Å². The number of rotatable bonds is 5. The van der Waals surface area contributed by atoms with Crippen molar-refractivity contribution in [1.29, 1.82) is 0 Å². The summed E-state index contributed by atoms with van der Waals surface area (Å²) in [5.74, 6) is -0.416. The molecule has 2 aromatic rings. The highest BCUT2D eigenvalue weighted by Gasteiger charge is 2.16. The number of hydrogen-bond donors (Lipinski definition) is 1. The molecule has 2 rings (SSSR count). The van der Waals surface area contributed by atoms with E-state index in [0.717, 1.165) is 6.42 Å². The van der Waals surface area contributed by atoms with Gasteiger partial charge in [0, 0.05) is 6.54 Å². The molecule has 0 aliphatic heterocycles. The lowest BCUT2D eigenvalue weighted by molar-refractivity contribution is -0.117. The van der Waals surface area contributed by atoms with Crippen LogP contribution in [0.4, 0.5) is 0 Å². The molecule has 0 fully saturated rings. The van der Waals surface area contributed by atoms with E-state index in [9.17, 15) is 9.59 Å². The first-order valence-corrected chi connectivity index (χ1v) is 7.38. The Kier molecular flexibility index (Phi) is 4.44. The first-order valence-electron chi connectivity index (χ1n) is 6.50. The van der Waals surface area contributed by atoms with Gasteiger partial charge in [0.15, 0.2) is 5.16 Å². The van der Waals surface area contributed by atoms with Gasteiger partial charge in [0.25, 0.3) is 5.56 Å². The van der Waals surface area contributed by atoms with E-state index in [0.29, 0.717) is 22.6 Å². The second-order valence-electron chi connectivity index (χ2n) is 4.53. The molecule has 0 radical (unpaired) electrons. The molecule has 0 aliphatic carbocycles. The predicted molar refractivity (Wildman–Crippen MR) is 80.8 cm³/mol. The largest absolute Gasteiger partial charge is 0.369 e. The second kappa shape index (κ2) is 6.09. The van der Waals surface area contributed by atoms with Gasteiger partial charge in [-0.25, -0.2) is 4.98 Å². The van der Waals surface area contributed by atoms with Crippen molar-refractivity contribution in [3.8, 4) is 0 Å². The van der Waals surface area contributed by atoms with Gasteiger partial charge in [0.05, 0.1) is 16.2 Å². The molecule has 0 unspecified atom stereocenters. The number of carbonyl (C=O) groups excluding carboxylic acids is 1. The average molecular weight is 291 g/mol. The molecule has 0 saturated carbocycles. The molecule has 1 atom stereocenters. The van der Waals surface area contributed by atoms with Crippen LogP contribution in [0.5, 0.6) is 0 Å². The fourth-order valence-corrected chi connectivity index (χ4v) is 2.76. The van der Waals surface area contributed by atoms with Gasteiger partial charge in [-0.3, -0.25) is 14.2 Å². The molecule has 106 valence electrons. The highest BCUT2D eigenvalue weighted by molar-refractivity contribution is 8.00. The monoisotopic (exact) mass is 291 g/mol. The number of hydrogen-bond acceptors (Lipinski definition) is 4. The normalized spacial score (nSPS) is 12.5. The van der Waals surface area contributed by atoms with Crippen LogP contribution in [-0.4, -0.2) is 20.7 Å². The molecule has 2 N–H and O–H groups in total. The van der Waals surface area contributed by atoms with Crippen molar-refractivity contribution >= 4 is 28.6 Å². The molecule has 1 heterocycles. The zero-order chi connectivity index (χ0) is 14.7. The lowest BCUT2D eigenvalue weighted by Gasteiger charge is -2.14. The van der Waals surface area contributed by atoms with E-state index in [1.54, 1.807) is 23.6 Å². The molecule has 0 aliphatic rings. The van der Waals surface area contributed by atoms with Crippen molar-refractivity contribution in [1.82, 2.24) is 9.55 Å². The van der Waals surface area contributed by atoms with Gasteiger partial charge in [-0.1, -0.05) is 30.8 Å². The van der Waals surface area contributed by atoms with Crippen LogP contribution in [0.15, 0.2) is 34.2 Å². The van der Waals surface area contributed by atoms with Crippen molar-refractivity contribution < 1.29 is 4.79 Å². The third-order valence-electron chi connectivity index (χ3n) is 2.96. The van der Waals surface area contributed by atoms with Crippen molar-refractivity contribution in [2.75, 3.05) is 0 Å². The maximum atomic E-state index is 12.5. The first kappa shape index (κ1) is 14.6. The van der Waals surface area contributed by atoms with Crippen LogP contribution in [0.3, 0.4) is 0 Å². The minimum absolute atomic E-state index is 0.0726. The summed E-state index contributed by atoms with van der Waals surface area (Å²) in [4.78, 5) is 28.2. The quantitative estimate of drug-likeness (QED) is 0.672. The van der Waals surface area contributed by atoms with Crippen molar-refractivity contribution in [3.63, 3.8) is 0 Å². The van der Waals surface area contributed by atoms with E-state index in [4.69, 9.17) is 5.73 Å². The van der Waals surface area contributed by atoms with Gasteiger partial charge < -0.3 is 5.73 Å². The minimum atomic E-state index is -0.425. The maximum absolute atomic E-state index is 12.5. The highest BCUT2D eigenvalue weighted by atomic mass is 32.2. The van der Waals surface area contributed by atoms with Gasteiger partial charge in [-0.2, -0.15) is 0 Å². The summed E-state index contributed by atoms with van der Waals surface area (Å²) in [6.07, 6.45) is 0.818. The lowest BCUT2D eigenvalue weighted by Crippen LogP contribution is -2.27. The smallest absolute Gasteiger partial charge is 0.262 e. The summed E-state index contributed by atoms with van der Waals surface area (Å²) in [6.45, 7) is 4.28. The van der Waals surface area contributed by atoms with Crippen LogP contribution in [0.25, 0.3) is 10.9 Å². The SMILES string of the molecule is CCCn1c(S[C@H](C)C(N)=O)nc2ccccc2c1=O. The third kappa shape index (κ3) is 2.85. The number of benzene rings is 1. The van der Waals surface area contributed by atoms with Crippen LogP contribution < -0.4 is 11.3 Å². The van der Waals surface area contributed by atoms with E-state index in [-0.39, 0.29) is 5.56 Å². The third-order valence-corrected chi connectivity index (χ3v) is 4.07. The molecule has 1 amide bonds. The average Bonchev–Trinajstić information content (AvgIpc) is 2.43. The topological polar surface area (TPSA) is 78.0 Å². The molecule has 0 saturated heterocycles. The Labute approximate surface area is 121 Å². The van der Waals surface area contributed by atoms with E-state index in [1.165, 1.54) is 11.8 Å². The Morgan fingerprint density at radius 2 is 2.15 bits per heavy atom. The molecular weight excluding hydrogens is 274 g/mol. The van der Waals surface area contributed by atoms with Gasteiger partial charge in [-0.05, 0) is 25.5 Å². The van der Waals surface area contributed by atoms with E-state index < -0.39 is 11.2 Å². The summed E-state index contributed by atoms with van der Waals surface area (Å²) in [5.41, 5.74) is 5.85. The number of primary amides is 1. The van der Waals surface area contributed by atoms with Gasteiger partial charge in [-0.15, -0.1) is 0 Å². The van der Waals surface area contributed by atoms with Crippen LogP contribution in [0, 0.1) is 0 Å². The summed E-state index contributed by atoms with van der Waals surface area (Å²) < 4.78 is 1.62. The van der Waals surface area contributed by atoms with E-state index in [2.05, 4.69) is 4.98 Å². The molecule has 6 heteroatoms. The summed E-state index contributed by atoms with van der Waals surface area (Å²) in [7, 11) is 0. The fraction of sp³-hybridized carbons (Fsp3) is 0.357. The van der Waals surface area contributed by atoms with Crippen molar-refractivity contribution in [3.05, 3.63) is 34.6 Å². The lowest BCUT2D eigenvalue weighted by atomic mass is 10.2. The molecule has 0 spiro atoms. The Morgan fingerprint density at radius 3 is 2.80 bits per heavy atom. The molecule has 1 aromatic carbocycles. The zero-order valence-electron chi connectivity index (χ0n) is 11.5. The predicted octanol–water partition coefficient (Wildman–Crippen LogP) is 1.77. The van der Waals surface area contributed by atoms with Gasteiger partial charge in [0.2, 0.25) is 5.91 Å². The Hall–Kier alpha value is -1.82. The van der Waals surface area contributed by atoms with Crippen LogP contribution in [0.2, 0.25) is 0 Å². The number of para-hydroxylation sites is 1. The minimum Gasteiger partial charge on any atom is -0.369 e. The number of thioether (sulfide) groups is 1. The number of fused-ring (bicyclic) bond motifs is 1.